The molecule has 2 saturated carbocycles. The van der Waals surface area contributed by atoms with Crippen molar-refractivity contribution in [2.75, 3.05) is 7.05 Å². The summed E-state index contributed by atoms with van der Waals surface area (Å²) in [4.78, 5) is 40.1. The summed E-state index contributed by atoms with van der Waals surface area (Å²) >= 11 is 0. The van der Waals surface area contributed by atoms with Crippen molar-refractivity contribution >= 4 is 23.5 Å². The van der Waals surface area contributed by atoms with E-state index in [1.54, 1.807) is 24.9 Å². The van der Waals surface area contributed by atoms with Crippen LogP contribution in [0.3, 0.4) is 0 Å². The molecular weight excluding hydrogens is 398 g/mol. The van der Waals surface area contributed by atoms with Crippen LogP contribution in [0.1, 0.15) is 61.1 Å². The van der Waals surface area contributed by atoms with Gasteiger partial charge in [-0.05, 0) is 44.6 Å². The first-order valence-corrected chi connectivity index (χ1v) is 10.8. The number of aromatic nitrogens is 3. The molecule has 2 aromatic heterocycles. The van der Waals surface area contributed by atoms with Gasteiger partial charge < -0.3 is 15.3 Å². The van der Waals surface area contributed by atoms with Gasteiger partial charge in [0.15, 0.2) is 5.56 Å². The number of aryl methyl sites for hydroxylation is 1. The van der Waals surface area contributed by atoms with Gasteiger partial charge in [0.25, 0.3) is 11.5 Å². The van der Waals surface area contributed by atoms with Crippen LogP contribution in [0.2, 0.25) is 0 Å². The maximum absolute atomic E-state index is 13.3. The van der Waals surface area contributed by atoms with Crippen LogP contribution in [0.25, 0.3) is 11.7 Å². The third-order valence-corrected chi connectivity index (χ3v) is 5.74. The summed E-state index contributed by atoms with van der Waals surface area (Å²) in [6.07, 6.45) is 6.87. The molecule has 0 bridgehead atoms. The highest BCUT2D eigenvalue weighted by atomic mass is 16.3. The number of fused-ring (bicyclic) bond motifs is 1. The number of hydrogen-bond donors (Lipinski definition) is 2. The summed E-state index contributed by atoms with van der Waals surface area (Å²) in [6.45, 7) is 6.02. The van der Waals surface area contributed by atoms with Gasteiger partial charge in [0.1, 0.15) is 5.65 Å². The van der Waals surface area contributed by atoms with Crippen LogP contribution >= 0.6 is 0 Å². The van der Waals surface area contributed by atoms with Crippen molar-refractivity contribution in [3.8, 4) is 5.88 Å². The zero-order valence-corrected chi connectivity index (χ0v) is 18.4. The molecule has 0 saturated heterocycles. The number of amides is 2. The SMILES string of the molecule is Cc1nn2c(O)c(C(=O)NC3CC3)c(=O)n(CC(C)C)c2c1/C=C/C(=O)N(C)C1CC1. The van der Waals surface area contributed by atoms with E-state index in [1.165, 1.54) is 15.2 Å². The van der Waals surface area contributed by atoms with Gasteiger partial charge in [0.2, 0.25) is 11.8 Å². The van der Waals surface area contributed by atoms with Gasteiger partial charge in [-0.15, -0.1) is 0 Å². The van der Waals surface area contributed by atoms with Crippen molar-refractivity contribution in [1.29, 1.82) is 0 Å². The molecule has 0 aromatic carbocycles. The highest BCUT2D eigenvalue weighted by Crippen LogP contribution is 2.27. The van der Waals surface area contributed by atoms with Crippen LogP contribution in [-0.2, 0) is 11.3 Å². The number of likely N-dealkylation sites (N-methyl/N-ethyl adjacent to an activating group) is 1. The first-order chi connectivity index (χ1) is 14.7. The van der Waals surface area contributed by atoms with Crippen LogP contribution < -0.4 is 10.9 Å². The molecule has 2 heterocycles. The van der Waals surface area contributed by atoms with Gasteiger partial charge in [0.05, 0.1) is 5.69 Å². The van der Waals surface area contributed by atoms with E-state index in [2.05, 4.69) is 10.4 Å². The topological polar surface area (TPSA) is 109 Å². The molecule has 2 aliphatic rings. The Hall–Kier alpha value is -3.10. The third kappa shape index (κ3) is 4.08. The smallest absolute Gasteiger partial charge is 0.270 e. The molecule has 0 aliphatic heterocycles. The average Bonchev–Trinajstić information content (AvgIpc) is 3.61. The average molecular weight is 428 g/mol. The Bertz CT molecular complexity index is 1140. The Labute approximate surface area is 180 Å². The lowest BCUT2D eigenvalue weighted by Crippen LogP contribution is -2.36. The van der Waals surface area contributed by atoms with Gasteiger partial charge in [-0.2, -0.15) is 9.61 Å². The van der Waals surface area contributed by atoms with Crippen LogP contribution in [0.5, 0.6) is 5.88 Å². The molecule has 0 unspecified atom stereocenters. The molecule has 0 radical (unpaired) electrons. The van der Waals surface area contributed by atoms with E-state index < -0.39 is 17.3 Å². The van der Waals surface area contributed by atoms with Crippen molar-refractivity contribution in [2.24, 2.45) is 5.92 Å². The van der Waals surface area contributed by atoms with Gasteiger partial charge in [-0.25, -0.2) is 0 Å². The van der Waals surface area contributed by atoms with E-state index in [-0.39, 0.29) is 29.5 Å². The Kier molecular flexibility index (Phi) is 5.36. The first kappa shape index (κ1) is 21.1. The van der Waals surface area contributed by atoms with Crippen molar-refractivity contribution < 1.29 is 14.7 Å². The summed E-state index contributed by atoms with van der Waals surface area (Å²) in [5.74, 6) is -1.08. The summed E-state index contributed by atoms with van der Waals surface area (Å²) in [5.41, 5.74) is 0.620. The normalized spacial score (nSPS) is 16.4. The molecule has 0 atom stereocenters. The predicted molar refractivity (Wildman–Crippen MR) is 116 cm³/mol. The second-order valence-corrected chi connectivity index (χ2v) is 9.00. The number of nitrogens with one attached hydrogen (secondary N) is 1. The highest BCUT2D eigenvalue weighted by molar-refractivity contribution is 5.97. The van der Waals surface area contributed by atoms with Gasteiger partial charge in [-0.1, -0.05) is 13.8 Å². The summed E-state index contributed by atoms with van der Waals surface area (Å²) in [5, 5.41) is 18.0. The minimum atomic E-state index is -0.587. The second-order valence-electron chi connectivity index (χ2n) is 9.00. The molecule has 0 spiro atoms. The lowest BCUT2D eigenvalue weighted by atomic mass is 10.1. The Morgan fingerprint density at radius 3 is 2.55 bits per heavy atom. The number of nitrogens with zero attached hydrogens (tertiary/aromatic N) is 4. The number of aromatic hydroxyl groups is 1. The van der Waals surface area contributed by atoms with E-state index in [1.807, 2.05) is 13.8 Å². The molecule has 2 aromatic rings. The zero-order valence-electron chi connectivity index (χ0n) is 18.4. The van der Waals surface area contributed by atoms with Crippen LogP contribution in [0.15, 0.2) is 10.9 Å². The molecule has 9 nitrogen and oxygen atoms in total. The van der Waals surface area contributed by atoms with Gasteiger partial charge >= 0.3 is 0 Å². The van der Waals surface area contributed by atoms with E-state index in [4.69, 9.17) is 0 Å². The Morgan fingerprint density at radius 1 is 1.29 bits per heavy atom. The van der Waals surface area contributed by atoms with Gasteiger partial charge in [0, 0.05) is 37.3 Å². The highest BCUT2D eigenvalue weighted by Gasteiger charge is 2.31. The number of rotatable bonds is 7. The molecular formula is C22H29N5O4. The van der Waals surface area contributed by atoms with Crippen LogP contribution in [-0.4, -0.2) is 55.1 Å². The van der Waals surface area contributed by atoms with Crippen molar-refractivity contribution in [3.63, 3.8) is 0 Å². The number of carbonyl (C=O) groups is 2. The fourth-order valence-electron chi connectivity index (χ4n) is 3.69. The molecule has 2 aliphatic carbocycles. The van der Waals surface area contributed by atoms with Gasteiger partial charge in [-0.3, -0.25) is 19.0 Å². The fraction of sp³-hybridized carbons (Fsp3) is 0.545. The largest absolute Gasteiger partial charge is 0.492 e. The number of hydrogen-bond acceptors (Lipinski definition) is 5. The Morgan fingerprint density at radius 2 is 1.97 bits per heavy atom. The molecule has 31 heavy (non-hydrogen) atoms. The monoisotopic (exact) mass is 427 g/mol. The standard InChI is InChI=1S/C22H29N5O4/c1-12(2)11-26-20-16(9-10-17(28)25(4)15-7-8-15)13(3)24-27(20)22(31)18(21(26)30)19(29)23-14-5-6-14/h9-10,12,14-15,31H,5-8,11H2,1-4H3,(H,23,29)/b10-9+. The van der Waals surface area contributed by atoms with E-state index in [9.17, 15) is 19.5 Å². The van der Waals surface area contributed by atoms with Crippen LogP contribution in [0.4, 0.5) is 0 Å². The molecule has 2 fully saturated rings. The third-order valence-electron chi connectivity index (χ3n) is 5.74. The van der Waals surface area contributed by atoms with E-state index in [0.29, 0.717) is 23.4 Å². The summed E-state index contributed by atoms with van der Waals surface area (Å²) < 4.78 is 2.70. The number of carbonyl (C=O) groups excluding carboxylic acids is 2. The second kappa shape index (κ2) is 7.86. The maximum atomic E-state index is 13.3. The minimum Gasteiger partial charge on any atom is -0.492 e. The molecule has 9 heteroatoms. The van der Waals surface area contributed by atoms with E-state index >= 15 is 0 Å². The maximum Gasteiger partial charge on any atom is 0.270 e. The molecule has 166 valence electrons. The molecule has 4 rings (SSSR count). The Balaban J connectivity index is 1.84. The molecule has 2 N–H and O–H groups in total. The molecule has 2 amide bonds. The minimum absolute atomic E-state index is 0.0490. The lowest BCUT2D eigenvalue weighted by Gasteiger charge is -2.15. The van der Waals surface area contributed by atoms with E-state index in [0.717, 1.165) is 25.7 Å². The lowest BCUT2D eigenvalue weighted by molar-refractivity contribution is -0.125. The van der Waals surface area contributed by atoms with Crippen molar-refractivity contribution in [3.05, 3.63) is 33.3 Å². The van der Waals surface area contributed by atoms with Crippen molar-refractivity contribution in [2.45, 2.75) is 65.1 Å². The first-order valence-electron chi connectivity index (χ1n) is 10.8. The fourth-order valence-corrected chi connectivity index (χ4v) is 3.69. The van der Waals surface area contributed by atoms with Crippen molar-refractivity contribution in [1.82, 2.24) is 24.4 Å². The predicted octanol–water partition coefficient (Wildman–Crippen LogP) is 1.69. The summed E-state index contributed by atoms with van der Waals surface area (Å²) in [6, 6.07) is 0.339. The zero-order chi connectivity index (χ0) is 22.4. The summed E-state index contributed by atoms with van der Waals surface area (Å²) in [7, 11) is 1.78. The van der Waals surface area contributed by atoms with Crippen LogP contribution in [0, 0.1) is 12.8 Å². The quantitative estimate of drug-likeness (QED) is 0.654.